The molecule has 2 rings (SSSR count). The number of amides is 1. The van der Waals surface area contributed by atoms with E-state index in [4.69, 9.17) is 11.6 Å². The Morgan fingerprint density at radius 2 is 2.27 bits per heavy atom. The minimum atomic E-state index is -0.0734. The number of piperazine rings is 1. The van der Waals surface area contributed by atoms with Crippen molar-refractivity contribution in [1.82, 2.24) is 15.5 Å². The van der Waals surface area contributed by atoms with Gasteiger partial charge in [0.05, 0.1) is 0 Å². The van der Waals surface area contributed by atoms with Crippen molar-refractivity contribution >= 4 is 17.5 Å². The Morgan fingerprint density at radius 1 is 1.50 bits per heavy atom. The second kappa shape index (κ2) is 7.44. The largest absolute Gasteiger partial charge is 0.354 e. The first-order valence-corrected chi connectivity index (χ1v) is 8.18. The smallest absolute Gasteiger partial charge is 0.238 e. The normalized spacial score (nSPS) is 19.9. The molecule has 2 N–H and O–H groups in total. The van der Waals surface area contributed by atoms with Gasteiger partial charge in [-0.05, 0) is 36.6 Å². The summed E-state index contributed by atoms with van der Waals surface area (Å²) in [7, 11) is 2.00. The number of carbonyl (C=O) groups excluding carboxylic acids is 1. The number of hydrogen-bond donors (Lipinski definition) is 2. The third kappa shape index (κ3) is 4.97. The molecule has 5 heteroatoms. The van der Waals surface area contributed by atoms with Crippen LogP contribution in [0.15, 0.2) is 24.3 Å². The molecule has 1 aliphatic rings. The van der Waals surface area contributed by atoms with Crippen LogP contribution >= 0.6 is 11.6 Å². The topological polar surface area (TPSA) is 44.4 Å². The molecule has 22 heavy (non-hydrogen) atoms. The van der Waals surface area contributed by atoms with Crippen LogP contribution in [-0.4, -0.2) is 50.1 Å². The van der Waals surface area contributed by atoms with Crippen LogP contribution in [0.5, 0.6) is 0 Å². The van der Waals surface area contributed by atoms with Crippen molar-refractivity contribution in [2.45, 2.75) is 26.3 Å². The fourth-order valence-corrected chi connectivity index (χ4v) is 3.02. The predicted molar refractivity (Wildman–Crippen MR) is 91.2 cm³/mol. The number of halogens is 1. The Kier molecular flexibility index (Phi) is 5.84. The number of nitrogens with one attached hydrogen (secondary N) is 2. The summed E-state index contributed by atoms with van der Waals surface area (Å²) in [5, 5.41) is 7.13. The molecule has 1 aliphatic heterocycles. The molecule has 1 aromatic rings. The van der Waals surface area contributed by atoms with Gasteiger partial charge in [0.25, 0.3) is 0 Å². The summed E-state index contributed by atoms with van der Waals surface area (Å²) in [6, 6.07) is 7.84. The molecule has 0 bridgehead atoms. The lowest BCUT2D eigenvalue weighted by molar-refractivity contribution is -0.126. The van der Waals surface area contributed by atoms with Crippen molar-refractivity contribution in [2.24, 2.45) is 5.41 Å². The first-order valence-electron chi connectivity index (χ1n) is 7.80. The first-order chi connectivity index (χ1) is 10.4. The molecule has 0 radical (unpaired) electrons. The second-order valence-corrected chi connectivity index (χ2v) is 7.33. The molecule has 1 heterocycles. The zero-order chi connectivity index (χ0) is 16.2. The zero-order valence-electron chi connectivity index (χ0n) is 13.7. The lowest BCUT2D eigenvalue weighted by atomic mass is 9.85. The van der Waals surface area contributed by atoms with E-state index in [2.05, 4.69) is 35.4 Å². The minimum absolute atomic E-state index is 0.0129. The van der Waals surface area contributed by atoms with Gasteiger partial charge in [0, 0.05) is 31.2 Å². The summed E-state index contributed by atoms with van der Waals surface area (Å²) >= 11 is 6.04. The SMILES string of the molecule is CN1CCNCC1C(=O)NCC(C)(C)Cc1cccc(Cl)c1. The van der Waals surface area contributed by atoms with Crippen LogP contribution in [-0.2, 0) is 11.2 Å². The van der Waals surface area contributed by atoms with Gasteiger partial charge < -0.3 is 10.6 Å². The van der Waals surface area contributed by atoms with Crippen molar-refractivity contribution in [3.8, 4) is 0 Å². The van der Waals surface area contributed by atoms with Crippen molar-refractivity contribution in [3.63, 3.8) is 0 Å². The van der Waals surface area contributed by atoms with Crippen molar-refractivity contribution < 1.29 is 4.79 Å². The van der Waals surface area contributed by atoms with Crippen LogP contribution in [0.4, 0.5) is 0 Å². The van der Waals surface area contributed by atoms with Crippen LogP contribution in [0.25, 0.3) is 0 Å². The van der Waals surface area contributed by atoms with E-state index < -0.39 is 0 Å². The van der Waals surface area contributed by atoms with E-state index in [0.717, 1.165) is 31.1 Å². The number of rotatable bonds is 5. The molecular weight excluding hydrogens is 298 g/mol. The molecule has 0 aliphatic carbocycles. The Labute approximate surface area is 138 Å². The predicted octanol–water partition coefficient (Wildman–Crippen LogP) is 1.93. The van der Waals surface area contributed by atoms with E-state index in [1.165, 1.54) is 5.56 Å². The van der Waals surface area contributed by atoms with E-state index in [1.54, 1.807) is 0 Å². The van der Waals surface area contributed by atoms with Crippen molar-refractivity contribution in [2.75, 3.05) is 33.2 Å². The van der Waals surface area contributed by atoms with Crippen LogP contribution in [0, 0.1) is 5.41 Å². The van der Waals surface area contributed by atoms with Gasteiger partial charge >= 0.3 is 0 Å². The van der Waals surface area contributed by atoms with Crippen LogP contribution in [0.2, 0.25) is 5.02 Å². The number of benzene rings is 1. The Morgan fingerprint density at radius 3 is 2.95 bits per heavy atom. The highest BCUT2D eigenvalue weighted by Gasteiger charge is 2.27. The zero-order valence-corrected chi connectivity index (χ0v) is 14.4. The molecule has 0 spiro atoms. The van der Waals surface area contributed by atoms with Crippen molar-refractivity contribution in [3.05, 3.63) is 34.9 Å². The van der Waals surface area contributed by atoms with Gasteiger partial charge in [-0.15, -0.1) is 0 Å². The highest BCUT2D eigenvalue weighted by Crippen LogP contribution is 2.22. The van der Waals surface area contributed by atoms with Crippen molar-refractivity contribution in [1.29, 1.82) is 0 Å². The fraction of sp³-hybridized carbons (Fsp3) is 0.588. The summed E-state index contributed by atoms with van der Waals surface area (Å²) in [4.78, 5) is 14.5. The Bertz CT molecular complexity index is 518. The molecule has 1 unspecified atom stereocenters. The number of likely N-dealkylation sites (N-methyl/N-ethyl adjacent to an activating group) is 1. The Hall–Kier alpha value is -1.10. The quantitative estimate of drug-likeness (QED) is 0.870. The van der Waals surface area contributed by atoms with Gasteiger partial charge in [0.2, 0.25) is 5.91 Å². The summed E-state index contributed by atoms with van der Waals surface area (Å²) in [6.07, 6.45) is 0.882. The van der Waals surface area contributed by atoms with E-state index in [-0.39, 0.29) is 17.4 Å². The highest BCUT2D eigenvalue weighted by molar-refractivity contribution is 6.30. The summed E-state index contributed by atoms with van der Waals surface area (Å²) in [5.74, 6) is 0.105. The van der Waals surface area contributed by atoms with Gasteiger partial charge in [-0.2, -0.15) is 0 Å². The number of hydrogen-bond acceptors (Lipinski definition) is 3. The van der Waals surface area contributed by atoms with Gasteiger partial charge in [0.1, 0.15) is 6.04 Å². The number of carbonyl (C=O) groups is 1. The maximum absolute atomic E-state index is 12.3. The summed E-state index contributed by atoms with van der Waals surface area (Å²) in [5.41, 5.74) is 1.18. The van der Waals surface area contributed by atoms with E-state index in [9.17, 15) is 4.79 Å². The summed E-state index contributed by atoms with van der Waals surface area (Å²) in [6.45, 7) is 7.55. The van der Waals surface area contributed by atoms with Crippen LogP contribution in [0.3, 0.4) is 0 Å². The molecule has 1 saturated heterocycles. The molecule has 1 aromatic carbocycles. The maximum Gasteiger partial charge on any atom is 0.238 e. The molecule has 0 aromatic heterocycles. The van der Waals surface area contributed by atoms with Gasteiger partial charge in [-0.3, -0.25) is 9.69 Å². The standard InChI is InChI=1S/C17H26ClN3O/c1-17(2,10-13-5-4-6-14(18)9-13)12-20-16(22)15-11-19-7-8-21(15)3/h4-6,9,15,19H,7-8,10-12H2,1-3H3,(H,20,22). The van der Waals surface area contributed by atoms with Gasteiger partial charge in [-0.1, -0.05) is 37.6 Å². The molecule has 1 fully saturated rings. The Balaban J connectivity index is 1.87. The third-order valence-electron chi connectivity index (χ3n) is 4.13. The molecule has 122 valence electrons. The van der Waals surface area contributed by atoms with Gasteiger partial charge in [-0.25, -0.2) is 0 Å². The second-order valence-electron chi connectivity index (χ2n) is 6.89. The minimum Gasteiger partial charge on any atom is -0.354 e. The third-order valence-corrected chi connectivity index (χ3v) is 4.36. The molecule has 4 nitrogen and oxygen atoms in total. The van der Waals surface area contributed by atoms with Crippen LogP contribution < -0.4 is 10.6 Å². The summed E-state index contributed by atoms with van der Waals surface area (Å²) < 4.78 is 0. The van der Waals surface area contributed by atoms with Gasteiger partial charge in [0.15, 0.2) is 0 Å². The van der Waals surface area contributed by atoms with Crippen LogP contribution in [0.1, 0.15) is 19.4 Å². The maximum atomic E-state index is 12.3. The molecule has 1 amide bonds. The fourth-order valence-electron chi connectivity index (χ4n) is 2.80. The number of nitrogens with zero attached hydrogens (tertiary/aromatic N) is 1. The molecular formula is C17H26ClN3O. The molecule has 0 saturated carbocycles. The lowest BCUT2D eigenvalue weighted by Crippen LogP contribution is -2.57. The lowest BCUT2D eigenvalue weighted by Gasteiger charge is -2.33. The average molecular weight is 324 g/mol. The average Bonchev–Trinajstić information content (AvgIpc) is 2.45. The first kappa shape index (κ1) is 17.3. The van der Waals surface area contributed by atoms with E-state index in [1.807, 2.05) is 25.2 Å². The van der Waals surface area contributed by atoms with E-state index >= 15 is 0 Å². The monoisotopic (exact) mass is 323 g/mol. The van der Waals surface area contributed by atoms with E-state index in [0.29, 0.717) is 6.54 Å². The highest BCUT2D eigenvalue weighted by atomic mass is 35.5. The molecule has 1 atom stereocenters.